The second kappa shape index (κ2) is 8.32. The van der Waals surface area contributed by atoms with E-state index in [1.807, 2.05) is 12.3 Å². The van der Waals surface area contributed by atoms with E-state index in [0.717, 1.165) is 38.0 Å². The molecule has 1 aliphatic rings. The minimum atomic E-state index is -0.0185. The van der Waals surface area contributed by atoms with Crippen molar-refractivity contribution >= 4 is 17.5 Å². The second-order valence-electron chi connectivity index (χ2n) is 6.47. The smallest absolute Gasteiger partial charge is 0.224 e. The number of aromatic nitrogens is 1. The van der Waals surface area contributed by atoms with Crippen LogP contribution in [0.15, 0.2) is 42.7 Å². The Kier molecular flexibility index (Phi) is 5.89. The van der Waals surface area contributed by atoms with Gasteiger partial charge in [-0.3, -0.25) is 14.7 Å². The van der Waals surface area contributed by atoms with Gasteiger partial charge in [0.05, 0.1) is 11.4 Å². The molecule has 1 saturated heterocycles. The summed E-state index contributed by atoms with van der Waals surface area (Å²) in [5.41, 5.74) is 1.98. The molecule has 1 aromatic carbocycles. The highest BCUT2D eigenvalue weighted by Gasteiger charge is 2.21. The van der Waals surface area contributed by atoms with Gasteiger partial charge in [0.25, 0.3) is 0 Å². The molecule has 0 saturated carbocycles. The quantitative estimate of drug-likeness (QED) is 0.861. The lowest BCUT2D eigenvalue weighted by Gasteiger charge is -2.33. The van der Waals surface area contributed by atoms with Crippen LogP contribution in [0, 0.1) is 0 Å². The third-order valence-electron chi connectivity index (χ3n) is 4.38. The summed E-state index contributed by atoms with van der Waals surface area (Å²) in [4.78, 5) is 18.8. The van der Waals surface area contributed by atoms with Crippen LogP contribution in [0.4, 0.5) is 0 Å². The van der Waals surface area contributed by atoms with E-state index >= 15 is 0 Å². The molecular formula is C19H22ClN3O2. The Morgan fingerprint density at radius 3 is 3.00 bits per heavy atom. The molecule has 0 bridgehead atoms. The minimum Gasteiger partial charge on any atom is -0.506 e. The van der Waals surface area contributed by atoms with Crippen LogP contribution in [-0.2, 0) is 17.8 Å². The average Bonchev–Trinajstić information content (AvgIpc) is 2.59. The van der Waals surface area contributed by atoms with E-state index in [0.29, 0.717) is 0 Å². The van der Waals surface area contributed by atoms with Gasteiger partial charge in [0.15, 0.2) is 0 Å². The van der Waals surface area contributed by atoms with Crippen molar-refractivity contribution in [3.05, 3.63) is 58.9 Å². The number of nitrogens with one attached hydrogen (secondary N) is 1. The van der Waals surface area contributed by atoms with E-state index in [4.69, 9.17) is 11.6 Å². The lowest BCUT2D eigenvalue weighted by atomic mass is 10.0. The molecule has 1 atom stereocenters. The van der Waals surface area contributed by atoms with Crippen LogP contribution >= 0.6 is 11.6 Å². The molecule has 5 nitrogen and oxygen atoms in total. The Labute approximate surface area is 152 Å². The largest absolute Gasteiger partial charge is 0.506 e. The molecule has 1 amide bonds. The van der Waals surface area contributed by atoms with Gasteiger partial charge in [-0.25, -0.2) is 0 Å². The van der Waals surface area contributed by atoms with Gasteiger partial charge in [-0.05, 0) is 48.7 Å². The first kappa shape index (κ1) is 17.7. The van der Waals surface area contributed by atoms with Gasteiger partial charge >= 0.3 is 0 Å². The second-order valence-corrected chi connectivity index (χ2v) is 6.87. The number of nitrogens with zero attached hydrogens (tertiary/aromatic N) is 2. The fraction of sp³-hybridized carbons (Fsp3) is 0.368. The van der Waals surface area contributed by atoms with Crippen molar-refractivity contribution in [2.75, 3.05) is 13.1 Å². The molecule has 2 aromatic rings. The zero-order valence-electron chi connectivity index (χ0n) is 14.0. The van der Waals surface area contributed by atoms with Crippen molar-refractivity contribution in [1.82, 2.24) is 15.2 Å². The summed E-state index contributed by atoms with van der Waals surface area (Å²) in [6, 6.07) is 9.04. The molecule has 2 heterocycles. The maximum Gasteiger partial charge on any atom is 0.224 e. The van der Waals surface area contributed by atoms with Crippen LogP contribution in [0.3, 0.4) is 0 Å². The van der Waals surface area contributed by atoms with Gasteiger partial charge in [0.2, 0.25) is 5.91 Å². The van der Waals surface area contributed by atoms with Crippen molar-refractivity contribution in [2.45, 2.75) is 31.8 Å². The maximum atomic E-state index is 12.3. The fourth-order valence-electron chi connectivity index (χ4n) is 3.19. The predicted molar refractivity (Wildman–Crippen MR) is 97.5 cm³/mol. The standard InChI is InChI=1S/C19H22ClN3O2/c20-17-9-14(5-6-18(17)24)10-19(25)22-16-4-2-8-23(13-16)12-15-3-1-7-21-11-15/h1,3,5-7,9,11,16,24H,2,4,8,10,12-13H2,(H,22,25). The first-order valence-electron chi connectivity index (χ1n) is 8.48. The van der Waals surface area contributed by atoms with Crippen LogP contribution in [0.25, 0.3) is 0 Å². The number of hydrogen-bond donors (Lipinski definition) is 2. The predicted octanol–water partition coefficient (Wildman–Crippen LogP) is 2.76. The number of likely N-dealkylation sites (tertiary alicyclic amines) is 1. The highest BCUT2D eigenvalue weighted by Crippen LogP contribution is 2.23. The molecule has 132 valence electrons. The Balaban J connectivity index is 1.51. The van der Waals surface area contributed by atoms with Crippen molar-refractivity contribution in [2.24, 2.45) is 0 Å². The molecule has 0 aliphatic carbocycles. The zero-order valence-corrected chi connectivity index (χ0v) is 14.7. The Morgan fingerprint density at radius 2 is 2.24 bits per heavy atom. The van der Waals surface area contributed by atoms with Crippen molar-refractivity contribution in [3.63, 3.8) is 0 Å². The minimum absolute atomic E-state index is 0.0185. The number of aromatic hydroxyl groups is 1. The van der Waals surface area contributed by atoms with E-state index in [9.17, 15) is 9.90 Å². The maximum absolute atomic E-state index is 12.3. The number of piperidine rings is 1. The fourth-order valence-corrected chi connectivity index (χ4v) is 3.39. The normalized spacial score (nSPS) is 18.0. The molecule has 2 N–H and O–H groups in total. The number of carbonyl (C=O) groups is 1. The highest BCUT2D eigenvalue weighted by molar-refractivity contribution is 6.32. The molecule has 0 radical (unpaired) electrons. The van der Waals surface area contributed by atoms with Gasteiger partial charge < -0.3 is 10.4 Å². The van der Waals surface area contributed by atoms with Crippen LogP contribution in [0.1, 0.15) is 24.0 Å². The summed E-state index contributed by atoms with van der Waals surface area (Å²) < 4.78 is 0. The number of hydrogen-bond acceptors (Lipinski definition) is 4. The number of amides is 1. The molecule has 6 heteroatoms. The third-order valence-corrected chi connectivity index (χ3v) is 4.68. The first-order valence-corrected chi connectivity index (χ1v) is 8.86. The third kappa shape index (κ3) is 5.18. The summed E-state index contributed by atoms with van der Waals surface area (Å²) in [7, 11) is 0. The average molecular weight is 360 g/mol. The Morgan fingerprint density at radius 1 is 1.36 bits per heavy atom. The van der Waals surface area contributed by atoms with Crippen LogP contribution < -0.4 is 5.32 Å². The summed E-state index contributed by atoms with van der Waals surface area (Å²) >= 11 is 5.89. The number of phenols is 1. The van der Waals surface area contributed by atoms with Gasteiger partial charge in [-0.2, -0.15) is 0 Å². The van der Waals surface area contributed by atoms with Gasteiger partial charge in [-0.15, -0.1) is 0 Å². The summed E-state index contributed by atoms with van der Waals surface area (Å²) in [6.07, 6.45) is 5.98. The lowest BCUT2D eigenvalue weighted by Crippen LogP contribution is -2.47. The molecule has 1 unspecified atom stereocenters. The van der Waals surface area contributed by atoms with Crippen molar-refractivity contribution in [1.29, 1.82) is 0 Å². The van der Waals surface area contributed by atoms with E-state index < -0.39 is 0 Å². The Bertz CT molecular complexity index is 724. The van der Waals surface area contributed by atoms with Crippen LogP contribution in [0.5, 0.6) is 5.75 Å². The number of halogens is 1. The molecule has 1 aromatic heterocycles. The van der Waals surface area contributed by atoms with E-state index in [2.05, 4.69) is 21.3 Å². The molecular weight excluding hydrogens is 338 g/mol. The SMILES string of the molecule is O=C(Cc1ccc(O)c(Cl)c1)NC1CCCN(Cc2cccnc2)C1. The van der Waals surface area contributed by atoms with Crippen molar-refractivity contribution < 1.29 is 9.90 Å². The molecule has 1 aliphatic heterocycles. The molecule has 3 rings (SSSR count). The summed E-state index contributed by atoms with van der Waals surface area (Å²) in [6.45, 7) is 2.74. The van der Waals surface area contributed by atoms with Crippen LogP contribution in [-0.4, -0.2) is 40.0 Å². The first-order chi connectivity index (χ1) is 12.1. The molecule has 1 fully saturated rings. The topological polar surface area (TPSA) is 65.5 Å². The number of phenolic OH excluding ortho intramolecular Hbond substituents is 1. The van der Waals surface area contributed by atoms with E-state index in [1.54, 1.807) is 18.3 Å². The number of carbonyl (C=O) groups excluding carboxylic acids is 1. The van der Waals surface area contributed by atoms with E-state index in [-0.39, 0.29) is 29.1 Å². The molecule has 25 heavy (non-hydrogen) atoms. The molecule has 0 spiro atoms. The monoisotopic (exact) mass is 359 g/mol. The van der Waals surface area contributed by atoms with Crippen molar-refractivity contribution in [3.8, 4) is 5.75 Å². The Hall–Kier alpha value is -2.11. The van der Waals surface area contributed by atoms with Gasteiger partial charge in [0, 0.05) is 31.5 Å². The summed E-state index contributed by atoms with van der Waals surface area (Å²) in [5.74, 6) is 0.0131. The van der Waals surface area contributed by atoms with Crippen LogP contribution in [0.2, 0.25) is 5.02 Å². The van der Waals surface area contributed by atoms with Gasteiger partial charge in [-0.1, -0.05) is 23.7 Å². The number of benzene rings is 1. The summed E-state index contributed by atoms with van der Waals surface area (Å²) in [5, 5.41) is 12.8. The number of pyridine rings is 1. The zero-order chi connectivity index (χ0) is 17.6. The highest BCUT2D eigenvalue weighted by atomic mass is 35.5. The van der Waals surface area contributed by atoms with Gasteiger partial charge in [0.1, 0.15) is 5.75 Å². The lowest BCUT2D eigenvalue weighted by molar-refractivity contribution is -0.121. The number of rotatable bonds is 5. The van der Waals surface area contributed by atoms with E-state index in [1.165, 1.54) is 11.6 Å².